The minimum Gasteiger partial charge on any atom is -0.492 e. The SMILES string of the molecule is Cc1cc(C)cc(OCCn2cnc3sc(C(=O)OC(C)C)c(C)c3c2=O)c1. The van der Waals surface area contributed by atoms with Crippen molar-refractivity contribution in [1.82, 2.24) is 9.55 Å². The number of fused-ring (bicyclic) bond motifs is 1. The van der Waals surface area contributed by atoms with Gasteiger partial charge in [0, 0.05) is 0 Å². The van der Waals surface area contributed by atoms with Crippen molar-refractivity contribution in [2.24, 2.45) is 0 Å². The molecule has 0 spiro atoms. The van der Waals surface area contributed by atoms with Crippen LogP contribution in [0.4, 0.5) is 0 Å². The Morgan fingerprint density at radius 2 is 1.86 bits per heavy atom. The second-order valence-corrected chi connectivity index (χ2v) is 8.10. The van der Waals surface area contributed by atoms with E-state index in [1.807, 2.05) is 26.0 Å². The average Bonchev–Trinajstić information content (AvgIpc) is 2.93. The number of benzene rings is 1. The molecule has 3 aromatic rings. The fraction of sp³-hybridized carbons (Fsp3) is 0.381. The first-order valence-electron chi connectivity index (χ1n) is 9.17. The topological polar surface area (TPSA) is 70.4 Å². The van der Waals surface area contributed by atoms with Crippen molar-refractivity contribution in [2.45, 2.75) is 47.3 Å². The van der Waals surface area contributed by atoms with Crippen LogP contribution in [0.5, 0.6) is 5.75 Å². The summed E-state index contributed by atoms with van der Waals surface area (Å²) >= 11 is 1.19. The number of hydrogen-bond donors (Lipinski definition) is 0. The Kier molecular flexibility index (Phi) is 5.84. The van der Waals surface area contributed by atoms with E-state index in [-0.39, 0.29) is 11.7 Å². The number of aryl methyl sites for hydroxylation is 3. The van der Waals surface area contributed by atoms with Gasteiger partial charge in [0.2, 0.25) is 0 Å². The molecule has 0 radical (unpaired) electrons. The lowest BCUT2D eigenvalue weighted by atomic mass is 10.1. The van der Waals surface area contributed by atoms with Crippen LogP contribution >= 0.6 is 11.3 Å². The third-order valence-electron chi connectivity index (χ3n) is 4.24. The van der Waals surface area contributed by atoms with Crippen LogP contribution in [0.25, 0.3) is 10.2 Å². The third kappa shape index (κ3) is 4.25. The highest BCUT2D eigenvalue weighted by molar-refractivity contribution is 7.20. The molecule has 1 aromatic carbocycles. The van der Waals surface area contributed by atoms with Gasteiger partial charge in [0.1, 0.15) is 22.1 Å². The van der Waals surface area contributed by atoms with Gasteiger partial charge >= 0.3 is 5.97 Å². The molecule has 0 saturated heterocycles. The Bertz CT molecular complexity index is 1060. The quantitative estimate of drug-likeness (QED) is 0.584. The smallest absolute Gasteiger partial charge is 0.348 e. The largest absolute Gasteiger partial charge is 0.492 e. The van der Waals surface area contributed by atoms with Gasteiger partial charge in [-0.1, -0.05) is 6.07 Å². The fourth-order valence-corrected chi connectivity index (χ4v) is 4.08. The van der Waals surface area contributed by atoms with Gasteiger partial charge in [-0.3, -0.25) is 9.36 Å². The molecule has 0 aliphatic rings. The predicted octanol–water partition coefficient (Wildman–Crippen LogP) is 4.03. The summed E-state index contributed by atoms with van der Waals surface area (Å²) in [7, 11) is 0. The van der Waals surface area contributed by atoms with Crippen molar-refractivity contribution in [1.29, 1.82) is 0 Å². The van der Waals surface area contributed by atoms with E-state index in [1.165, 1.54) is 22.2 Å². The molecule has 0 amide bonds. The number of esters is 1. The van der Waals surface area contributed by atoms with Gasteiger partial charge in [0.05, 0.1) is 24.4 Å². The van der Waals surface area contributed by atoms with Crippen LogP contribution in [0.15, 0.2) is 29.3 Å². The van der Waals surface area contributed by atoms with Crippen molar-refractivity contribution in [3.8, 4) is 5.75 Å². The van der Waals surface area contributed by atoms with E-state index < -0.39 is 5.97 Å². The number of nitrogens with zero attached hydrogens (tertiary/aromatic N) is 2. The van der Waals surface area contributed by atoms with Crippen LogP contribution in [0, 0.1) is 20.8 Å². The Balaban J connectivity index is 1.81. The minimum absolute atomic E-state index is 0.175. The Hall–Kier alpha value is -2.67. The summed E-state index contributed by atoms with van der Waals surface area (Å²) in [5, 5.41) is 0.467. The second-order valence-electron chi connectivity index (χ2n) is 7.11. The summed E-state index contributed by atoms with van der Waals surface area (Å²) in [5.41, 5.74) is 2.70. The Morgan fingerprint density at radius 3 is 2.50 bits per heavy atom. The molecule has 2 aromatic heterocycles. The van der Waals surface area contributed by atoms with E-state index in [0.717, 1.165) is 16.9 Å². The molecule has 0 bridgehead atoms. The summed E-state index contributed by atoms with van der Waals surface area (Å²) in [6, 6.07) is 6.01. The highest BCUT2D eigenvalue weighted by atomic mass is 32.1. The summed E-state index contributed by atoms with van der Waals surface area (Å²) in [6.45, 7) is 10.1. The van der Waals surface area contributed by atoms with Gasteiger partial charge in [0.25, 0.3) is 5.56 Å². The van der Waals surface area contributed by atoms with Crippen LogP contribution in [0.1, 0.15) is 40.2 Å². The summed E-state index contributed by atoms with van der Waals surface area (Å²) in [6.07, 6.45) is 1.28. The minimum atomic E-state index is -0.417. The highest BCUT2D eigenvalue weighted by Crippen LogP contribution is 2.27. The first-order valence-corrected chi connectivity index (χ1v) is 9.98. The highest BCUT2D eigenvalue weighted by Gasteiger charge is 2.21. The number of carbonyl (C=O) groups is 1. The third-order valence-corrected chi connectivity index (χ3v) is 5.42. The molecule has 0 aliphatic carbocycles. The lowest BCUT2D eigenvalue weighted by Gasteiger charge is -2.09. The summed E-state index contributed by atoms with van der Waals surface area (Å²) in [5.74, 6) is 0.365. The number of rotatable bonds is 6. The van der Waals surface area contributed by atoms with E-state index in [0.29, 0.717) is 33.8 Å². The molecule has 0 unspecified atom stereocenters. The molecule has 28 heavy (non-hydrogen) atoms. The number of hydrogen-bond acceptors (Lipinski definition) is 6. The van der Waals surface area contributed by atoms with Crippen molar-refractivity contribution in [2.75, 3.05) is 6.61 Å². The molecule has 2 heterocycles. The molecule has 0 aliphatic heterocycles. The lowest BCUT2D eigenvalue weighted by Crippen LogP contribution is -2.23. The zero-order chi connectivity index (χ0) is 20.4. The standard InChI is InChI=1S/C21H24N2O4S/c1-12(2)27-21(25)18-15(5)17-19(28-18)22-11-23(20(17)24)6-7-26-16-9-13(3)8-14(4)10-16/h8-12H,6-7H2,1-5H3. The molecular formula is C21H24N2O4S. The maximum absolute atomic E-state index is 12.9. The van der Waals surface area contributed by atoms with E-state index >= 15 is 0 Å². The van der Waals surface area contributed by atoms with Crippen molar-refractivity contribution < 1.29 is 14.3 Å². The van der Waals surface area contributed by atoms with Crippen LogP contribution in [-0.4, -0.2) is 28.2 Å². The first kappa shape index (κ1) is 20.1. The number of aromatic nitrogens is 2. The van der Waals surface area contributed by atoms with Gasteiger partial charge in [-0.25, -0.2) is 9.78 Å². The number of thiophene rings is 1. The van der Waals surface area contributed by atoms with E-state index in [1.54, 1.807) is 20.8 Å². The van der Waals surface area contributed by atoms with Crippen LogP contribution in [-0.2, 0) is 11.3 Å². The number of ether oxygens (including phenoxy) is 2. The first-order chi connectivity index (χ1) is 13.3. The van der Waals surface area contributed by atoms with E-state index in [2.05, 4.69) is 11.1 Å². The van der Waals surface area contributed by atoms with Gasteiger partial charge in [-0.2, -0.15) is 0 Å². The molecular weight excluding hydrogens is 376 g/mol. The monoisotopic (exact) mass is 400 g/mol. The molecule has 0 N–H and O–H groups in total. The Morgan fingerprint density at radius 1 is 1.18 bits per heavy atom. The van der Waals surface area contributed by atoms with Gasteiger partial charge < -0.3 is 9.47 Å². The summed E-state index contributed by atoms with van der Waals surface area (Å²) < 4.78 is 12.6. The van der Waals surface area contributed by atoms with E-state index in [9.17, 15) is 9.59 Å². The van der Waals surface area contributed by atoms with E-state index in [4.69, 9.17) is 9.47 Å². The number of carbonyl (C=O) groups excluding carboxylic acids is 1. The maximum Gasteiger partial charge on any atom is 0.348 e. The fourth-order valence-electron chi connectivity index (χ4n) is 3.06. The maximum atomic E-state index is 12.9. The van der Waals surface area contributed by atoms with Gasteiger partial charge in [-0.15, -0.1) is 11.3 Å². The molecule has 148 valence electrons. The summed E-state index contributed by atoms with van der Waals surface area (Å²) in [4.78, 5) is 30.5. The molecule has 0 saturated carbocycles. The van der Waals surface area contributed by atoms with Crippen molar-refractivity contribution >= 4 is 27.5 Å². The van der Waals surface area contributed by atoms with Crippen LogP contribution < -0.4 is 10.3 Å². The lowest BCUT2D eigenvalue weighted by molar-refractivity contribution is 0.0383. The zero-order valence-electron chi connectivity index (χ0n) is 16.7. The molecule has 0 atom stereocenters. The van der Waals surface area contributed by atoms with Gasteiger partial charge in [0.15, 0.2) is 0 Å². The van der Waals surface area contributed by atoms with Crippen LogP contribution in [0.3, 0.4) is 0 Å². The van der Waals surface area contributed by atoms with Gasteiger partial charge in [-0.05, 0) is 63.4 Å². The molecule has 7 heteroatoms. The predicted molar refractivity (Wildman–Crippen MR) is 111 cm³/mol. The zero-order valence-corrected chi connectivity index (χ0v) is 17.6. The van der Waals surface area contributed by atoms with Crippen LogP contribution in [0.2, 0.25) is 0 Å². The normalized spacial score (nSPS) is 11.2. The van der Waals surface area contributed by atoms with Crippen molar-refractivity contribution in [3.05, 3.63) is 56.4 Å². The van der Waals surface area contributed by atoms with Crippen molar-refractivity contribution in [3.63, 3.8) is 0 Å². The molecule has 3 rings (SSSR count). The molecule has 6 nitrogen and oxygen atoms in total. The average molecular weight is 401 g/mol. The Labute approximate surface area is 167 Å². The molecule has 0 fully saturated rings. The second kappa shape index (κ2) is 8.14.